The number of nitrogens with one attached hydrogen (secondary N) is 1. The number of nitrogens with two attached hydrogens (primary N) is 1. The Morgan fingerprint density at radius 1 is 1.27 bits per heavy atom. The molecule has 0 radical (unpaired) electrons. The van der Waals surface area contributed by atoms with Gasteiger partial charge in [0.2, 0.25) is 5.91 Å². The molecule has 2 aromatic rings. The average Bonchev–Trinajstić information content (AvgIpc) is 3.07. The number of rotatable bonds is 8. The first-order valence-electron chi connectivity index (χ1n) is 8.24. The van der Waals surface area contributed by atoms with Crippen molar-refractivity contribution in [3.8, 4) is 11.3 Å². The number of nitrogens with zero attached hydrogens (tertiary/aromatic N) is 1. The number of hydrogen-bond donors (Lipinski definition) is 2. The quantitative estimate of drug-likeness (QED) is 0.599. The van der Waals surface area contributed by atoms with Gasteiger partial charge in [0, 0.05) is 29.4 Å². The standard InChI is InChI=1S/C18H24BrN3O2.2ClH/c1-3-18(4-2,12-20)22-16(23)9-10-17-21-11-15(24-17)13-7-5-6-8-14(13)19;;/h5-8,11H,3-4,9-10,12,20H2,1-2H3,(H,22,23);2*1H. The van der Waals surface area contributed by atoms with E-state index in [4.69, 9.17) is 10.2 Å². The van der Waals surface area contributed by atoms with Crippen LogP contribution in [0.4, 0.5) is 0 Å². The third kappa shape index (κ3) is 6.27. The first-order valence-corrected chi connectivity index (χ1v) is 9.03. The molecule has 0 fully saturated rings. The zero-order chi connectivity index (χ0) is 17.6. The van der Waals surface area contributed by atoms with Gasteiger partial charge in [0.1, 0.15) is 0 Å². The first kappa shape index (κ1) is 24.9. The number of carbonyl (C=O) groups excluding carboxylic acids is 1. The van der Waals surface area contributed by atoms with E-state index in [2.05, 4.69) is 26.2 Å². The molecule has 5 nitrogen and oxygen atoms in total. The summed E-state index contributed by atoms with van der Waals surface area (Å²) in [5.74, 6) is 1.23. The summed E-state index contributed by atoms with van der Waals surface area (Å²) in [5.41, 5.74) is 6.45. The van der Waals surface area contributed by atoms with Crippen molar-refractivity contribution in [2.45, 2.75) is 45.1 Å². The highest BCUT2D eigenvalue weighted by Crippen LogP contribution is 2.28. The number of carbonyl (C=O) groups is 1. The molecule has 1 aromatic carbocycles. The molecule has 0 bridgehead atoms. The van der Waals surface area contributed by atoms with Crippen molar-refractivity contribution >= 4 is 46.7 Å². The zero-order valence-electron chi connectivity index (χ0n) is 15.0. The molecule has 0 saturated heterocycles. The number of oxazole rings is 1. The van der Waals surface area contributed by atoms with Crippen molar-refractivity contribution in [3.63, 3.8) is 0 Å². The number of aromatic nitrogens is 1. The van der Waals surface area contributed by atoms with Crippen LogP contribution in [0.5, 0.6) is 0 Å². The van der Waals surface area contributed by atoms with Gasteiger partial charge in [-0.2, -0.15) is 0 Å². The minimum absolute atomic E-state index is 0. The minimum atomic E-state index is -0.312. The van der Waals surface area contributed by atoms with E-state index in [-0.39, 0.29) is 36.3 Å². The molecular weight excluding hydrogens is 441 g/mol. The summed E-state index contributed by atoms with van der Waals surface area (Å²) in [4.78, 5) is 16.5. The number of halogens is 3. The van der Waals surface area contributed by atoms with Gasteiger partial charge in [-0.25, -0.2) is 4.98 Å². The van der Waals surface area contributed by atoms with Crippen molar-refractivity contribution < 1.29 is 9.21 Å². The van der Waals surface area contributed by atoms with Crippen LogP contribution in [0.25, 0.3) is 11.3 Å². The Morgan fingerprint density at radius 3 is 2.50 bits per heavy atom. The second kappa shape index (κ2) is 11.6. The number of amides is 1. The summed E-state index contributed by atoms with van der Waals surface area (Å²) in [7, 11) is 0. The molecule has 0 saturated carbocycles. The molecule has 1 heterocycles. The van der Waals surface area contributed by atoms with Gasteiger partial charge in [-0.05, 0) is 18.9 Å². The second-order valence-electron chi connectivity index (χ2n) is 5.84. The molecule has 3 N–H and O–H groups in total. The average molecular weight is 467 g/mol. The van der Waals surface area contributed by atoms with Crippen molar-refractivity contribution in [1.29, 1.82) is 0 Å². The summed E-state index contributed by atoms with van der Waals surface area (Å²) in [6.07, 6.45) is 4.12. The second-order valence-corrected chi connectivity index (χ2v) is 6.69. The molecule has 0 aliphatic carbocycles. The van der Waals surface area contributed by atoms with Crippen LogP contribution in [0.1, 0.15) is 39.0 Å². The van der Waals surface area contributed by atoms with Gasteiger partial charge in [0.05, 0.1) is 11.7 Å². The Balaban J connectivity index is 0.00000312. The first-order chi connectivity index (χ1) is 11.5. The molecule has 0 aliphatic rings. The van der Waals surface area contributed by atoms with Crippen LogP contribution in [0.2, 0.25) is 0 Å². The zero-order valence-corrected chi connectivity index (χ0v) is 18.2. The highest BCUT2D eigenvalue weighted by molar-refractivity contribution is 9.10. The normalized spacial score (nSPS) is 10.6. The smallest absolute Gasteiger partial charge is 0.220 e. The van der Waals surface area contributed by atoms with Gasteiger partial charge in [-0.15, -0.1) is 24.8 Å². The minimum Gasteiger partial charge on any atom is -0.441 e. The van der Waals surface area contributed by atoms with Gasteiger partial charge < -0.3 is 15.5 Å². The molecular formula is C18H26BrCl2N3O2. The topological polar surface area (TPSA) is 81.1 Å². The van der Waals surface area contributed by atoms with Crippen molar-refractivity contribution in [2.24, 2.45) is 5.73 Å². The Hall–Kier alpha value is -1.08. The van der Waals surface area contributed by atoms with Gasteiger partial charge in [0.25, 0.3) is 0 Å². The lowest BCUT2D eigenvalue weighted by Crippen LogP contribution is -2.52. The molecule has 26 heavy (non-hydrogen) atoms. The van der Waals surface area contributed by atoms with Crippen molar-refractivity contribution in [2.75, 3.05) is 6.54 Å². The van der Waals surface area contributed by atoms with Gasteiger partial charge in [0.15, 0.2) is 11.7 Å². The van der Waals surface area contributed by atoms with Gasteiger partial charge in [-0.3, -0.25) is 4.79 Å². The highest BCUT2D eigenvalue weighted by atomic mass is 79.9. The van der Waals surface area contributed by atoms with Gasteiger partial charge >= 0.3 is 0 Å². The predicted molar refractivity (Wildman–Crippen MR) is 113 cm³/mol. The van der Waals surface area contributed by atoms with Crippen LogP contribution in [0, 0.1) is 0 Å². The number of hydrogen-bond acceptors (Lipinski definition) is 4. The summed E-state index contributed by atoms with van der Waals surface area (Å²) >= 11 is 3.50. The molecule has 0 aliphatic heterocycles. The Kier molecular flexibility index (Phi) is 11.1. The molecule has 2 rings (SSSR count). The van der Waals surface area contributed by atoms with Crippen LogP contribution in [-0.4, -0.2) is 23.0 Å². The van der Waals surface area contributed by atoms with Crippen molar-refractivity contribution in [1.82, 2.24) is 10.3 Å². The van der Waals surface area contributed by atoms with E-state index < -0.39 is 0 Å². The molecule has 8 heteroatoms. The van der Waals surface area contributed by atoms with E-state index in [1.54, 1.807) is 6.20 Å². The maximum absolute atomic E-state index is 12.2. The summed E-state index contributed by atoms with van der Waals surface area (Å²) < 4.78 is 6.71. The van der Waals surface area contributed by atoms with E-state index in [0.717, 1.165) is 22.9 Å². The predicted octanol–water partition coefficient (Wildman–Crippen LogP) is 4.51. The Labute approximate surface area is 175 Å². The lowest BCUT2D eigenvalue weighted by molar-refractivity contribution is -0.123. The molecule has 1 aromatic heterocycles. The lowest BCUT2D eigenvalue weighted by Gasteiger charge is -2.31. The van der Waals surface area contributed by atoms with Crippen LogP contribution in [-0.2, 0) is 11.2 Å². The SMILES string of the molecule is CCC(CC)(CN)NC(=O)CCc1ncc(-c2ccccc2Br)o1.Cl.Cl. The molecule has 0 unspecified atom stereocenters. The molecule has 146 valence electrons. The van der Waals surface area contributed by atoms with Crippen LogP contribution in [0.15, 0.2) is 39.4 Å². The Bertz CT molecular complexity index is 682. The fraction of sp³-hybridized carbons (Fsp3) is 0.444. The van der Waals surface area contributed by atoms with E-state index in [1.165, 1.54) is 0 Å². The van der Waals surface area contributed by atoms with E-state index in [9.17, 15) is 4.79 Å². The third-order valence-corrected chi connectivity index (χ3v) is 5.10. The molecule has 1 amide bonds. The summed E-state index contributed by atoms with van der Waals surface area (Å²) in [6.45, 7) is 4.51. The van der Waals surface area contributed by atoms with E-state index in [1.807, 2.05) is 38.1 Å². The van der Waals surface area contributed by atoms with Crippen LogP contribution in [0.3, 0.4) is 0 Å². The van der Waals surface area contributed by atoms with Crippen LogP contribution < -0.4 is 11.1 Å². The Morgan fingerprint density at radius 2 is 1.92 bits per heavy atom. The summed E-state index contributed by atoms with van der Waals surface area (Å²) in [6, 6.07) is 7.80. The fourth-order valence-electron chi connectivity index (χ4n) is 2.56. The van der Waals surface area contributed by atoms with Gasteiger partial charge in [-0.1, -0.05) is 48.0 Å². The van der Waals surface area contributed by atoms with Crippen molar-refractivity contribution in [3.05, 3.63) is 40.8 Å². The highest BCUT2D eigenvalue weighted by Gasteiger charge is 2.26. The molecule has 0 spiro atoms. The number of aryl methyl sites for hydroxylation is 1. The molecule has 0 atom stereocenters. The maximum atomic E-state index is 12.2. The third-order valence-electron chi connectivity index (χ3n) is 4.41. The summed E-state index contributed by atoms with van der Waals surface area (Å²) in [5, 5.41) is 3.06. The van der Waals surface area contributed by atoms with E-state index in [0.29, 0.717) is 31.0 Å². The van der Waals surface area contributed by atoms with Crippen LogP contribution >= 0.6 is 40.7 Å². The maximum Gasteiger partial charge on any atom is 0.220 e. The van der Waals surface area contributed by atoms with E-state index >= 15 is 0 Å². The fourth-order valence-corrected chi connectivity index (χ4v) is 3.04. The monoisotopic (exact) mass is 465 g/mol. The largest absolute Gasteiger partial charge is 0.441 e. The lowest BCUT2D eigenvalue weighted by atomic mass is 9.92. The number of benzene rings is 1.